The second kappa shape index (κ2) is 8.47. The van der Waals surface area contributed by atoms with Gasteiger partial charge in [-0.2, -0.15) is 4.31 Å². The molecule has 0 unspecified atom stereocenters. The van der Waals surface area contributed by atoms with Gasteiger partial charge >= 0.3 is 0 Å². The Kier molecular flexibility index (Phi) is 6.19. The minimum Gasteiger partial charge on any atom is -0.337 e. The molecule has 1 aromatic heterocycles. The van der Waals surface area contributed by atoms with E-state index in [2.05, 4.69) is 37.9 Å². The lowest BCUT2D eigenvalue weighted by Crippen LogP contribution is -2.50. The first kappa shape index (κ1) is 21.2. The van der Waals surface area contributed by atoms with Crippen molar-refractivity contribution in [2.24, 2.45) is 0 Å². The molecule has 0 spiro atoms. The van der Waals surface area contributed by atoms with Crippen molar-refractivity contribution in [3.63, 3.8) is 0 Å². The number of pyridine rings is 1. The van der Waals surface area contributed by atoms with Crippen molar-refractivity contribution in [1.29, 1.82) is 0 Å². The molecule has 3 rings (SSSR count). The highest BCUT2D eigenvalue weighted by atomic mass is 32.2. The maximum Gasteiger partial charge on any atom is 0.246 e. The highest BCUT2D eigenvalue weighted by molar-refractivity contribution is 7.89. The fourth-order valence-corrected chi connectivity index (χ4v) is 4.55. The fraction of sp³-hybridized carbons (Fsp3) is 0.364. The van der Waals surface area contributed by atoms with Crippen molar-refractivity contribution in [1.82, 2.24) is 14.2 Å². The Balaban J connectivity index is 1.58. The third-order valence-corrected chi connectivity index (χ3v) is 6.90. The number of amides is 1. The van der Waals surface area contributed by atoms with E-state index in [1.54, 1.807) is 29.3 Å². The number of rotatable bonds is 4. The summed E-state index contributed by atoms with van der Waals surface area (Å²) in [6, 6.07) is 11.3. The number of carbonyl (C=O) groups is 1. The lowest BCUT2D eigenvalue weighted by Gasteiger charge is -2.33. The van der Waals surface area contributed by atoms with Gasteiger partial charge in [0.05, 0.1) is 0 Å². The average molecular weight is 414 g/mol. The number of hydrogen-bond donors (Lipinski definition) is 0. The van der Waals surface area contributed by atoms with Crippen molar-refractivity contribution in [3.8, 4) is 0 Å². The smallest absolute Gasteiger partial charge is 0.246 e. The van der Waals surface area contributed by atoms with E-state index in [0.717, 1.165) is 5.56 Å². The lowest BCUT2D eigenvalue weighted by atomic mass is 9.87. The van der Waals surface area contributed by atoms with Gasteiger partial charge in [0.25, 0.3) is 0 Å². The van der Waals surface area contributed by atoms with Crippen LogP contribution >= 0.6 is 0 Å². The molecule has 0 atom stereocenters. The average Bonchev–Trinajstić information content (AvgIpc) is 2.72. The quantitative estimate of drug-likeness (QED) is 0.723. The molecule has 1 aliphatic heterocycles. The maximum atomic E-state index is 12.6. The summed E-state index contributed by atoms with van der Waals surface area (Å²) < 4.78 is 26.7. The van der Waals surface area contributed by atoms with E-state index in [9.17, 15) is 13.2 Å². The van der Waals surface area contributed by atoms with Crippen LogP contribution in [0.1, 0.15) is 31.9 Å². The van der Waals surface area contributed by atoms with Crippen LogP contribution in [0.4, 0.5) is 0 Å². The van der Waals surface area contributed by atoms with E-state index in [-0.39, 0.29) is 29.3 Å². The van der Waals surface area contributed by atoms with Gasteiger partial charge in [0.15, 0.2) is 0 Å². The van der Waals surface area contributed by atoms with Gasteiger partial charge in [0.1, 0.15) is 4.90 Å². The molecule has 2 heterocycles. The predicted molar refractivity (Wildman–Crippen MR) is 114 cm³/mol. The second-order valence-electron chi connectivity index (χ2n) is 8.12. The molecule has 1 fully saturated rings. The van der Waals surface area contributed by atoms with Crippen molar-refractivity contribution >= 4 is 22.0 Å². The molecule has 0 saturated carbocycles. The molecule has 1 aromatic carbocycles. The number of sulfonamides is 1. The second-order valence-corrected chi connectivity index (χ2v) is 10.1. The van der Waals surface area contributed by atoms with Crippen LogP contribution in [0.5, 0.6) is 0 Å². The fourth-order valence-electron chi connectivity index (χ4n) is 3.16. The first-order valence-electron chi connectivity index (χ1n) is 9.66. The Morgan fingerprint density at radius 3 is 2.24 bits per heavy atom. The number of piperazine rings is 1. The van der Waals surface area contributed by atoms with Crippen LogP contribution in [-0.2, 0) is 20.2 Å². The van der Waals surface area contributed by atoms with E-state index in [4.69, 9.17) is 0 Å². The summed E-state index contributed by atoms with van der Waals surface area (Å²) >= 11 is 0. The Bertz CT molecular complexity index is 970. The van der Waals surface area contributed by atoms with Gasteiger partial charge in [-0.25, -0.2) is 8.42 Å². The van der Waals surface area contributed by atoms with Crippen LogP contribution in [0.25, 0.3) is 6.08 Å². The molecule has 1 aliphatic rings. The predicted octanol–water partition coefficient (Wildman–Crippen LogP) is 2.93. The number of hydrogen-bond acceptors (Lipinski definition) is 4. The zero-order chi connectivity index (χ0) is 21.1. The van der Waals surface area contributed by atoms with Crippen LogP contribution in [0.2, 0.25) is 0 Å². The molecule has 0 aliphatic carbocycles. The van der Waals surface area contributed by atoms with Crippen LogP contribution in [0.3, 0.4) is 0 Å². The zero-order valence-electron chi connectivity index (χ0n) is 17.1. The van der Waals surface area contributed by atoms with Crippen LogP contribution in [0.15, 0.2) is 59.8 Å². The van der Waals surface area contributed by atoms with Crippen molar-refractivity contribution in [3.05, 3.63) is 66.0 Å². The van der Waals surface area contributed by atoms with Crippen molar-refractivity contribution < 1.29 is 13.2 Å². The third-order valence-electron chi connectivity index (χ3n) is 5.02. The number of carbonyl (C=O) groups excluding carboxylic acids is 1. The van der Waals surface area contributed by atoms with E-state index >= 15 is 0 Å². The highest BCUT2D eigenvalue weighted by Crippen LogP contribution is 2.22. The van der Waals surface area contributed by atoms with Gasteiger partial charge in [-0.15, -0.1) is 0 Å². The summed E-state index contributed by atoms with van der Waals surface area (Å²) in [5, 5.41) is 0. The Hall–Kier alpha value is -2.51. The SMILES string of the molecule is CC(C)(C)c1ccc(/C=C/C(=O)N2CCN(S(=O)(=O)c3cccnc3)CC2)cc1. The normalized spacial score (nSPS) is 16.3. The Morgan fingerprint density at radius 2 is 1.69 bits per heavy atom. The van der Waals surface area contributed by atoms with E-state index in [1.165, 1.54) is 22.1 Å². The molecule has 1 saturated heterocycles. The third kappa shape index (κ3) is 5.10. The Morgan fingerprint density at radius 1 is 1.03 bits per heavy atom. The largest absolute Gasteiger partial charge is 0.337 e. The summed E-state index contributed by atoms with van der Waals surface area (Å²) in [4.78, 5) is 18.2. The summed E-state index contributed by atoms with van der Waals surface area (Å²) in [5.41, 5.74) is 2.30. The van der Waals surface area contributed by atoms with Gasteiger partial charge in [0.2, 0.25) is 15.9 Å². The zero-order valence-corrected chi connectivity index (χ0v) is 17.9. The number of nitrogens with zero attached hydrogens (tertiary/aromatic N) is 3. The molecule has 7 heteroatoms. The topological polar surface area (TPSA) is 70.6 Å². The van der Waals surface area contributed by atoms with Gasteiger partial charge in [-0.05, 0) is 34.8 Å². The monoisotopic (exact) mass is 413 g/mol. The minimum absolute atomic E-state index is 0.0912. The molecule has 0 radical (unpaired) electrons. The number of aromatic nitrogens is 1. The van der Waals surface area contributed by atoms with E-state index in [0.29, 0.717) is 13.1 Å². The van der Waals surface area contributed by atoms with E-state index < -0.39 is 10.0 Å². The van der Waals surface area contributed by atoms with Crippen LogP contribution in [-0.4, -0.2) is 54.7 Å². The molecule has 6 nitrogen and oxygen atoms in total. The molecular weight excluding hydrogens is 386 g/mol. The summed E-state index contributed by atoms with van der Waals surface area (Å²) in [6.45, 7) is 7.77. The lowest BCUT2D eigenvalue weighted by molar-refractivity contribution is -0.127. The molecule has 1 amide bonds. The van der Waals surface area contributed by atoms with Gasteiger partial charge in [-0.3, -0.25) is 9.78 Å². The molecule has 29 heavy (non-hydrogen) atoms. The van der Waals surface area contributed by atoms with Crippen molar-refractivity contribution in [2.75, 3.05) is 26.2 Å². The van der Waals surface area contributed by atoms with Gasteiger partial charge in [-0.1, -0.05) is 45.0 Å². The molecular formula is C22H27N3O3S. The first-order chi connectivity index (χ1) is 13.7. The summed E-state index contributed by atoms with van der Waals surface area (Å²) in [5.74, 6) is -0.108. The highest BCUT2D eigenvalue weighted by Gasteiger charge is 2.29. The van der Waals surface area contributed by atoms with Crippen LogP contribution in [0, 0.1) is 0 Å². The van der Waals surface area contributed by atoms with E-state index in [1.807, 2.05) is 12.1 Å². The standard InChI is InChI=1S/C22H27N3O3S/c1-22(2,3)19-9-6-18(7-10-19)8-11-21(26)24-13-15-25(16-14-24)29(27,28)20-5-4-12-23-17-20/h4-12,17H,13-16H2,1-3H3/b11-8+. The molecule has 154 valence electrons. The van der Waals surface area contributed by atoms with Crippen LogP contribution < -0.4 is 0 Å². The van der Waals surface area contributed by atoms with Gasteiger partial charge < -0.3 is 4.90 Å². The first-order valence-corrected chi connectivity index (χ1v) is 11.1. The number of benzene rings is 1. The molecule has 0 N–H and O–H groups in total. The Labute approximate surface area is 172 Å². The maximum absolute atomic E-state index is 12.6. The minimum atomic E-state index is -3.57. The molecule has 0 bridgehead atoms. The summed E-state index contributed by atoms with van der Waals surface area (Å²) in [7, 11) is -3.57. The summed E-state index contributed by atoms with van der Waals surface area (Å²) in [6.07, 6.45) is 6.24. The molecule has 2 aromatic rings. The van der Waals surface area contributed by atoms with Gasteiger partial charge in [0, 0.05) is 44.6 Å². The van der Waals surface area contributed by atoms with Crippen molar-refractivity contribution in [2.45, 2.75) is 31.1 Å².